The summed E-state index contributed by atoms with van der Waals surface area (Å²) in [4.78, 5) is 2.63. The van der Waals surface area contributed by atoms with E-state index < -0.39 is 0 Å². The number of nitrogens with two attached hydrogens (primary N) is 1. The Morgan fingerprint density at radius 1 is 1.21 bits per heavy atom. The summed E-state index contributed by atoms with van der Waals surface area (Å²) in [6.45, 7) is 4.61. The first-order chi connectivity index (χ1) is 6.73. The normalized spacial score (nSPS) is 26.8. The van der Waals surface area contributed by atoms with Crippen molar-refractivity contribution < 1.29 is 0 Å². The van der Waals surface area contributed by atoms with Gasteiger partial charge in [-0.3, -0.25) is 4.90 Å². The molecule has 0 bridgehead atoms. The molecule has 14 heavy (non-hydrogen) atoms. The van der Waals surface area contributed by atoms with Gasteiger partial charge in [-0.1, -0.05) is 19.8 Å². The summed E-state index contributed by atoms with van der Waals surface area (Å²) in [5.41, 5.74) is 6.48. The minimum absolute atomic E-state index is 0.179. The van der Waals surface area contributed by atoms with Crippen LogP contribution in [-0.2, 0) is 0 Å². The number of nitrogens with zero attached hydrogens (tertiary/aromatic N) is 1. The average molecular weight is 196 g/mol. The van der Waals surface area contributed by atoms with Crippen molar-refractivity contribution in [2.24, 2.45) is 5.73 Å². The number of hydrogen-bond donors (Lipinski definition) is 1. The Morgan fingerprint density at radius 3 is 2.29 bits per heavy atom. The van der Waals surface area contributed by atoms with Gasteiger partial charge >= 0.3 is 0 Å². The second-order valence-corrected chi connectivity index (χ2v) is 5.22. The maximum atomic E-state index is 6.31. The third-order valence-electron chi connectivity index (χ3n) is 4.11. The zero-order valence-electron chi connectivity index (χ0n) is 9.47. The van der Waals surface area contributed by atoms with Crippen molar-refractivity contribution in [3.63, 3.8) is 0 Å². The lowest BCUT2D eigenvalue weighted by Crippen LogP contribution is -2.56. The van der Waals surface area contributed by atoms with Crippen LogP contribution in [0.2, 0.25) is 0 Å². The van der Waals surface area contributed by atoms with Crippen LogP contribution in [-0.4, -0.2) is 29.6 Å². The minimum atomic E-state index is 0.179. The Kier molecular flexibility index (Phi) is 3.13. The van der Waals surface area contributed by atoms with E-state index in [4.69, 9.17) is 5.73 Å². The Morgan fingerprint density at radius 2 is 1.86 bits per heavy atom. The van der Waals surface area contributed by atoms with Crippen LogP contribution in [0.3, 0.4) is 0 Å². The maximum Gasteiger partial charge on any atom is 0.0283 e. The van der Waals surface area contributed by atoms with Crippen LogP contribution in [0.4, 0.5) is 0 Å². The van der Waals surface area contributed by atoms with Crippen molar-refractivity contribution in [3.05, 3.63) is 0 Å². The van der Waals surface area contributed by atoms with Gasteiger partial charge < -0.3 is 5.73 Å². The van der Waals surface area contributed by atoms with Gasteiger partial charge in [0.15, 0.2) is 0 Å². The highest BCUT2D eigenvalue weighted by Crippen LogP contribution is 2.32. The lowest BCUT2D eigenvalue weighted by atomic mass is 9.77. The number of rotatable bonds is 4. The Labute approximate surface area is 87.8 Å². The van der Waals surface area contributed by atoms with Crippen LogP contribution < -0.4 is 5.73 Å². The molecule has 0 aliphatic heterocycles. The van der Waals surface area contributed by atoms with E-state index in [9.17, 15) is 0 Å². The van der Waals surface area contributed by atoms with Gasteiger partial charge in [-0.15, -0.1) is 0 Å². The first-order valence-electron chi connectivity index (χ1n) is 6.26. The molecular formula is C12H24N2. The molecule has 2 nitrogen and oxygen atoms in total. The Balaban J connectivity index is 1.85. The van der Waals surface area contributed by atoms with Crippen LogP contribution in [0.5, 0.6) is 0 Å². The quantitative estimate of drug-likeness (QED) is 0.746. The van der Waals surface area contributed by atoms with Gasteiger partial charge in [-0.25, -0.2) is 0 Å². The predicted octanol–water partition coefficient (Wildman–Crippen LogP) is 2.13. The van der Waals surface area contributed by atoms with Crippen LogP contribution >= 0.6 is 0 Å². The van der Waals surface area contributed by atoms with E-state index in [0.29, 0.717) is 0 Å². The van der Waals surface area contributed by atoms with Crippen molar-refractivity contribution in [1.29, 1.82) is 0 Å². The van der Waals surface area contributed by atoms with E-state index in [0.717, 1.165) is 12.6 Å². The molecule has 0 aromatic heterocycles. The van der Waals surface area contributed by atoms with Gasteiger partial charge in [0.05, 0.1) is 0 Å². The third-order valence-corrected chi connectivity index (χ3v) is 4.11. The van der Waals surface area contributed by atoms with Crippen molar-refractivity contribution in [2.45, 2.75) is 63.5 Å². The maximum absolute atomic E-state index is 6.31. The third kappa shape index (κ3) is 2.12. The highest BCUT2D eigenvalue weighted by molar-refractivity contribution is 4.96. The van der Waals surface area contributed by atoms with E-state index >= 15 is 0 Å². The van der Waals surface area contributed by atoms with Crippen molar-refractivity contribution in [3.8, 4) is 0 Å². The summed E-state index contributed by atoms with van der Waals surface area (Å²) in [5, 5.41) is 0. The molecule has 0 unspecified atom stereocenters. The molecule has 0 heterocycles. The smallest absolute Gasteiger partial charge is 0.0283 e. The van der Waals surface area contributed by atoms with Crippen LogP contribution in [0.25, 0.3) is 0 Å². The molecule has 0 aromatic carbocycles. The molecule has 0 saturated heterocycles. The van der Waals surface area contributed by atoms with Crippen LogP contribution in [0, 0.1) is 0 Å². The fourth-order valence-corrected chi connectivity index (χ4v) is 2.96. The molecule has 0 atom stereocenters. The van der Waals surface area contributed by atoms with Crippen molar-refractivity contribution in [2.75, 3.05) is 13.1 Å². The van der Waals surface area contributed by atoms with Gasteiger partial charge in [-0.2, -0.15) is 0 Å². The lowest BCUT2D eigenvalue weighted by molar-refractivity contribution is 0.115. The monoisotopic (exact) mass is 196 g/mol. The Hall–Kier alpha value is -0.0800. The number of hydrogen-bond acceptors (Lipinski definition) is 2. The summed E-state index contributed by atoms with van der Waals surface area (Å²) in [5.74, 6) is 0. The molecular weight excluding hydrogens is 172 g/mol. The topological polar surface area (TPSA) is 29.3 Å². The van der Waals surface area contributed by atoms with E-state index in [1.807, 2.05) is 0 Å². The van der Waals surface area contributed by atoms with Gasteiger partial charge in [0.25, 0.3) is 0 Å². The van der Waals surface area contributed by atoms with Crippen LogP contribution in [0.15, 0.2) is 0 Å². The second-order valence-electron chi connectivity index (χ2n) is 5.22. The predicted molar refractivity (Wildman–Crippen MR) is 60.3 cm³/mol. The van der Waals surface area contributed by atoms with Crippen LogP contribution in [0.1, 0.15) is 51.9 Å². The standard InChI is InChI=1S/C12H24N2/c1-2-14(11-6-3-4-7-11)10-12(13)8-5-9-12/h11H,2-10,13H2,1H3. The molecule has 2 saturated carbocycles. The summed E-state index contributed by atoms with van der Waals surface area (Å²) in [6, 6.07) is 0.848. The highest BCUT2D eigenvalue weighted by Gasteiger charge is 2.36. The molecule has 2 aliphatic carbocycles. The zero-order chi connectivity index (χ0) is 10.0. The largest absolute Gasteiger partial charge is 0.324 e. The van der Waals surface area contributed by atoms with Gasteiger partial charge in [-0.05, 0) is 38.6 Å². The van der Waals surface area contributed by atoms with E-state index in [-0.39, 0.29) is 5.54 Å². The molecule has 2 fully saturated rings. The SMILES string of the molecule is CCN(CC1(N)CCC1)C1CCCC1. The molecule has 2 rings (SSSR count). The zero-order valence-corrected chi connectivity index (χ0v) is 9.47. The minimum Gasteiger partial charge on any atom is -0.324 e. The molecule has 0 spiro atoms. The molecule has 0 radical (unpaired) electrons. The summed E-state index contributed by atoms with van der Waals surface area (Å²) < 4.78 is 0. The van der Waals surface area contributed by atoms with Crippen molar-refractivity contribution in [1.82, 2.24) is 4.90 Å². The second kappa shape index (κ2) is 4.19. The lowest BCUT2D eigenvalue weighted by Gasteiger charge is -2.43. The molecule has 2 heteroatoms. The van der Waals surface area contributed by atoms with Crippen molar-refractivity contribution >= 4 is 0 Å². The first-order valence-corrected chi connectivity index (χ1v) is 6.26. The van der Waals surface area contributed by atoms with E-state index in [1.165, 1.54) is 51.5 Å². The molecule has 0 aromatic rings. The number of likely N-dealkylation sites (N-methyl/N-ethyl adjacent to an activating group) is 1. The van der Waals surface area contributed by atoms with Gasteiger partial charge in [0, 0.05) is 18.1 Å². The van der Waals surface area contributed by atoms with Gasteiger partial charge in [0.2, 0.25) is 0 Å². The first kappa shape index (κ1) is 10.4. The van der Waals surface area contributed by atoms with Gasteiger partial charge in [0.1, 0.15) is 0 Å². The summed E-state index contributed by atoms with van der Waals surface area (Å²) in [6.07, 6.45) is 9.51. The molecule has 2 aliphatic rings. The summed E-state index contributed by atoms with van der Waals surface area (Å²) in [7, 11) is 0. The molecule has 0 amide bonds. The molecule has 2 N–H and O–H groups in total. The fourth-order valence-electron chi connectivity index (χ4n) is 2.96. The van der Waals surface area contributed by atoms with E-state index in [1.54, 1.807) is 0 Å². The fraction of sp³-hybridized carbons (Fsp3) is 1.00. The Bertz CT molecular complexity index is 181. The van der Waals surface area contributed by atoms with E-state index in [2.05, 4.69) is 11.8 Å². The average Bonchev–Trinajstić information content (AvgIpc) is 2.64. The molecule has 82 valence electrons. The summed E-state index contributed by atoms with van der Waals surface area (Å²) >= 11 is 0. The highest BCUT2D eigenvalue weighted by atomic mass is 15.2.